The van der Waals surface area contributed by atoms with E-state index in [1.54, 1.807) is 29.2 Å². The van der Waals surface area contributed by atoms with Crippen LogP contribution in [0.4, 0.5) is 0 Å². The average molecular weight is 375 g/mol. The van der Waals surface area contributed by atoms with Crippen LogP contribution in [0.15, 0.2) is 35.2 Å². The molecule has 1 aliphatic heterocycles. The quantitative estimate of drug-likeness (QED) is 0.818. The fourth-order valence-corrected chi connectivity index (χ4v) is 5.67. The molecule has 1 heterocycles. The standard InChI is InChI=1S/C19H25N3O3S/c20-12-17-5-4-10-22(17)19(23)13-21-16-9-8-15(11-16)14-26(24,25)18-6-2-1-3-7-18/h1-3,6-7,15-17,21H,4-5,8-11,13-14H2. The van der Waals surface area contributed by atoms with E-state index in [0.717, 1.165) is 32.1 Å². The van der Waals surface area contributed by atoms with E-state index >= 15 is 0 Å². The Balaban J connectivity index is 1.47. The lowest BCUT2D eigenvalue weighted by atomic mass is 10.1. The largest absolute Gasteiger partial charge is 0.326 e. The van der Waals surface area contributed by atoms with Gasteiger partial charge in [0.25, 0.3) is 0 Å². The van der Waals surface area contributed by atoms with Gasteiger partial charge in [0.05, 0.1) is 23.3 Å². The maximum absolute atomic E-state index is 12.5. The number of sulfone groups is 1. The number of hydrogen-bond acceptors (Lipinski definition) is 5. The van der Waals surface area contributed by atoms with Crippen molar-refractivity contribution in [1.29, 1.82) is 5.26 Å². The van der Waals surface area contributed by atoms with E-state index in [1.165, 1.54) is 0 Å². The van der Waals surface area contributed by atoms with Crippen LogP contribution < -0.4 is 5.32 Å². The molecule has 3 rings (SSSR count). The number of nitrogens with zero attached hydrogens (tertiary/aromatic N) is 2. The number of amides is 1. The Labute approximate surface area is 155 Å². The van der Waals surface area contributed by atoms with Crippen molar-refractivity contribution in [2.24, 2.45) is 5.92 Å². The van der Waals surface area contributed by atoms with E-state index < -0.39 is 9.84 Å². The summed E-state index contributed by atoms with van der Waals surface area (Å²) in [5, 5.41) is 12.3. The third-order valence-corrected chi connectivity index (χ3v) is 7.26. The highest BCUT2D eigenvalue weighted by molar-refractivity contribution is 7.91. The van der Waals surface area contributed by atoms with E-state index in [1.807, 2.05) is 6.07 Å². The van der Waals surface area contributed by atoms with E-state index in [2.05, 4.69) is 11.4 Å². The smallest absolute Gasteiger partial charge is 0.237 e. The Morgan fingerprint density at radius 2 is 2.00 bits per heavy atom. The highest BCUT2D eigenvalue weighted by Gasteiger charge is 2.31. The summed E-state index contributed by atoms with van der Waals surface area (Å²) < 4.78 is 25.0. The summed E-state index contributed by atoms with van der Waals surface area (Å²) in [7, 11) is -3.26. The number of nitrogens with one attached hydrogen (secondary N) is 1. The maximum atomic E-state index is 12.5. The summed E-state index contributed by atoms with van der Waals surface area (Å²) in [6.45, 7) is 0.877. The van der Waals surface area contributed by atoms with Crippen LogP contribution in [0.1, 0.15) is 32.1 Å². The molecule has 0 aromatic heterocycles. The van der Waals surface area contributed by atoms with E-state index in [0.29, 0.717) is 11.4 Å². The number of rotatable bonds is 6. The Morgan fingerprint density at radius 1 is 1.23 bits per heavy atom. The van der Waals surface area contributed by atoms with Crippen molar-refractivity contribution in [3.8, 4) is 6.07 Å². The minimum absolute atomic E-state index is 0.0330. The average Bonchev–Trinajstić information content (AvgIpc) is 3.29. The van der Waals surface area contributed by atoms with Gasteiger partial charge in [-0.25, -0.2) is 8.42 Å². The van der Waals surface area contributed by atoms with Crippen molar-refractivity contribution in [3.05, 3.63) is 30.3 Å². The molecule has 7 heteroatoms. The van der Waals surface area contributed by atoms with Gasteiger partial charge in [0, 0.05) is 12.6 Å². The van der Waals surface area contributed by atoms with Gasteiger partial charge < -0.3 is 10.2 Å². The first kappa shape index (κ1) is 18.9. The molecule has 2 fully saturated rings. The van der Waals surface area contributed by atoms with Crippen LogP contribution in [0.2, 0.25) is 0 Å². The summed E-state index contributed by atoms with van der Waals surface area (Å²) in [6.07, 6.45) is 4.13. The van der Waals surface area contributed by atoms with Gasteiger partial charge in [-0.3, -0.25) is 4.79 Å². The molecule has 1 aromatic carbocycles. The molecular formula is C19H25N3O3S. The van der Waals surface area contributed by atoms with E-state index in [4.69, 9.17) is 5.26 Å². The molecule has 1 saturated carbocycles. The summed E-state index contributed by atoms with van der Waals surface area (Å²) in [4.78, 5) is 14.3. The summed E-state index contributed by atoms with van der Waals surface area (Å²) in [5.41, 5.74) is 0. The first-order chi connectivity index (χ1) is 12.5. The van der Waals surface area contributed by atoms with E-state index in [-0.39, 0.29) is 36.2 Å². The fourth-order valence-electron chi connectivity index (χ4n) is 3.98. The van der Waals surface area contributed by atoms with Crippen molar-refractivity contribution in [3.63, 3.8) is 0 Å². The van der Waals surface area contributed by atoms with Gasteiger partial charge in [-0.2, -0.15) is 5.26 Å². The number of hydrogen-bond donors (Lipinski definition) is 1. The Bertz CT molecular complexity index is 773. The lowest BCUT2D eigenvalue weighted by Crippen LogP contribution is -2.43. The zero-order valence-corrected chi connectivity index (χ0v) is 15.6. The molecule has 140 valence electrons. The first-order valence-corrected chi connectivity index (χ1v) is 10.8. The maximum Gasteiger partial charge on any atom is 0.237 e. The molecule has 0 spiro atoms. The second-order valence-electron chi connectivity index (χ2n) is 7.23. The van der Waals surface area contributed by atoms with Crippen LogP contribution in [-0.4, -0.2) is 50.2 Å². The van der Waals surface area contributed by atoms with Gasteiger partial charge in [-0.15, -0.1) is 0 Å². The van der Waals surface area contributed by atoms with Crippen molar-refractivity contribution in [2.45, 2.75) is 49.1 Å². The highest BCUT2D eigenvalue weighted by atomic mass is 32.2. The minimum Gasteiger partial charge on any atom is -0.326 e. The second-order valence-corrected chi connectivity index (χ2v) is 9.26. The van der Waals surface area contributed by atoms with Gasteiger partial charge in [-0.05, 0) is 50.2 Å². The molecule has 6 nitrogen and oxygen atoms in total. The van der Waals surface area contributed by atoms with Crippen LogP contribution in [0.3, 0.4) is 0 Å². The van der Waals surface area contributed by atoms with Crippen LogP contribution in [0.5, 0.6) is 0 Å². The molecule has 1 aromatic rings. The number of likely N-dealkylation sites (tertiary alicyclic amines) is 1. The molecule has 2 aliphatic rings. The molecule has 1 aliphatic carbocycles. The van der Waals surface area contributed by atoms with Gasteiger partial charge in [-0.1, -0.05) is 18.2 Å². The summed E-state index contributed by atoms with van der Waals surface area (Å²) in [6, 6.07) is 10.6. The van der Waals surface area contributed by atoms with Gasteiger partial charge in [0.15, 0.2) is 9.84 Å². The number of benzene rings is 1. The normalized spacial score (nSPS) is 26.0. The predicted octanol–water partition coefficient (Wildman–Crippen LogP) is 1.73. The number of carbonyl (C=O) groups excluding carboxylic acids is 1. The van der Waals surface area contributed by atoms with E-state index in [9.17, 15) is 13.2 Å². The van der Waals surface area contributed by atoms with Crippen LogP contribution in [0.25, 0.3) is 0 Å². The first-order valence-electron chi connectivity index (χ1n) is 9.20. The van der Waals surface area contributed by atoms with Crippen molar-refractivity contribution < 1.29 is 13.2 Å². The molecule has 1 N–H and O–H groups in total. The van der Waals surface area contributed by atoms with Crippen molar-refractivity contribution in [2.75, 3.05) is 18.8 Å². The second kappa shape index (κ2) is 8.19. The highest BCUT2D eigenvalue weighted by Crippen LogP contribution is 2.28. The third kappa shape index (κ3) is 4.43. The van der Waals surface area contributed by atoms with Gasteiger partial charge >= 0.3 is 0 Å². The molecular weight excluding hydrogens is 350 g/mol. The molecule has 0 radical (unpaired) electrons. The number of nitriles is 1. The third-order valence-electron chi connectivity index (χ3n) is 5.36. The van der Waals surface area contributed by atoms with Crippen LogP contribution in [-0.2, 0) is 14.6 Å². The zero-order valence-electron chi connectivity index (χ0n) is 14.8. The molecule has 1 saturated heterocycles. The fraction of sp³-hybridized carbons (Fsp3) is 0.579. The van der Waals surface area contributed by atoms with Crippen LogP contribution >= 0.6 is 0 Å². The molecule has 0 bridgehead atoms. The molecule has 1 amide bonds. The lowest BCUT2D eigenvalue weighted by Gasteiger charge is -2.21. The van der Waals surface area contributed by atoms with Crippen molar-refractivity contribution >= 4 is 15.7 Å². The SMILES string of the molecule is N#CC1CCCN1C(=O)CNC1CCC(CS(=O)(=O)c2ccccc2)C1. The monoisotopic (exact) mass is 375 g/mol. The predicted molar refractivity (Wildman–Crippen MR) is 98.0 cm³/mol. The summed E-state index contributed by atoms with van der Waals surface area (Å²) in [5.74, 6) is 0.243. The molecule has 26 heavy (non-hydrogen) atoms. The van der Waals surface area contributed by atoms with Crippen LogP contribution in [0, 0.1) is 17.2 Å². The Kier molecular flexibility index (Phi) is 5.94. The zero-order chi connectivity index (χ0) is 18.6. The molecule has 3 atom stereocenters. The Morgan fingerprint density at radius 3 is 2.73 bits per heavy atom. The number of carbonyl (C=O) groups is 1. The summed E-state index contributed by atoms with van der Waals surface area (Å²) >= 11 is 0. The van der Waals surface area contributed by atoms with Gasteiger partial charge in [0.1, 0.15) is 6.04 Å². The topological polar surface area (TPSA) is 90.3 Å². The van der Waals surface area contributed by atoms with Gasteiger partial charge in [0.2, 0.25) is 5.91 Å². The van der Waals surface area contributed by atoms with Crippen molar-refractivity contribution in [1.82, 2.24) is 10.2 Å². The molecule has 3 unspecified atom stereocenters. The minimum atomic E-state index is -3.26. The Hall–Kier alpha value is -1.91. The lowest BCUT2D eigenvalue weighted by molar-refractivity contribution is -0.130.